The van der Waals surface area contributed by atoms with Crippen LogP contribution in [0, 0.1) is 0 Å². The van der Waals surface area contributed by atoms with Gasteiger partial charge in [0.1, 0.15) is 11.8 Å². The lowest BCUT2D eigenvalue weighted by Gasteiger charge is -2.14. The van der Waals surface area contributed by atoms with E-state index in [4.69, 9.17) is 5.11 Å². The molecule has 0 aromatic heterocycles. The maximum absolute atomic E-state index is 11.8. The summed E-state index contributed by atoms with van der Waals surface area (Å²) in [6, 6.07) is 4.96. The highest BCUT2D eigenvalue weighted by atomic mass is 16.5. The fourth-order valence-corrected chi connectivity index (χ4v) is 1.72. The van der Waals surface area contributed by atoms with Crippen molar-refractivity contribution in [2.45, 2.75) is 25.3 Å². The van der Waals surface area contributed by atoms with Crippen LogP contribution in [0.5, 0.6) is 5.75 Å². The van der Waals surface area contributed by atoms with Gasteiger partial charge in [-0.25, -0.2) is 4.79 Å². The van der Waals surface area contributed by atoms with Crippen LogP contribution in [-0.4, -0.2) is 41.2 Å². The van der Waals surface area contributed by atoms with E-state index in [0.717, 1.165) is 0 Å². The highest BCUT2D eigenvalue weighted by molar-refractivity contribution is 5.85. The van der Waals surface area contributed by atoms with E-state index in [9.17, 15) is 19.5 Å². The number of hydrogen-bond acceptors (Lipinski definition) is 5. The van der Waals surface area contributed by atoms with E-state index in [1.807, 2.05) is 0 Å². The maximum atomic E-state index is 11.8. The lowest BCUT2D eigenvalue weighted by atomic mass is 10.1. The summed E-state index contributed by atoms with van der Waals surface area (Å²) in [6.07, 6.45) is -0.204. The van der Waals surface area contributed by atoms with E-state index < -0.39 is 23.9 Å². The Morgan fingerprint density at radius 2 is 2.05 bits per heavy atom. The van der Waals surface area contributed by atoms with E-state index in [2.05, 4.69) is 10.1 Å². The van der Waals surface area contributed by atoms with Crippen molar-refractivity contribution in [3.8, 4) is 5.75 Å². The van der Waals surface area contributed by atoms with Crippen LogP contribution in [0.4, 0.5) is 0 Å². The van der Waals surface area contributed by atoms with Gasteiger partial charge in [0.05, 0.1) is 13.5 Å². The van der Waals surface area contributed by atoms with Gasteiger partial charge >= 0.3 is 11.9 Å². The van der Waals surface area contributed by atoms with E-state index in [-0.39, 0.29) is 25.0 Å². The number of hydrogen-bond donors (Lipinski definition) is 3. The molecule has 0 radical (unpaired) electrons. The molecular formula is C14H17NO6. The average molecular weight is 295 g/mol. The lowest BCUT2D eigenvalue weighted by Crippen LogP contribution is -2.41. The van der Waals surface area contributed by atoms with Gasteiger partial charge in [0.25, 0.3) is 0 Å². The fourth-order valence-electron chi connectivity index (χ4n) is 1.72. The number of phenols is 1. The highest BCUT2D eigenvalue weighted by Crippen LogP contribution is 2.11. The molecule has 7 heteroatoms. The average Bonchev–Trinajstić information content (AvgIpc) is 2.42. The third-order valence-electron chi connectivity index (χ3n) is 2.77. The van der Waals surface area contributed by atoms with Gasteiger partial charge in [-0.1, -0.05) is 12.1 Å². The molecule has 0 saturated heterocycles. The van der Waals surface area contributed by atoms with E-state index in [1.54, 1.807) is 12.1 Å². The third-order valence-corrected chi connectivity index (χ3v) is 2.77. The molecule has 114 valence electrons. The van der Waals surface area contributed by atoms with Crippen molar-refractivity contribution < 1.29 is 29.3 Å². The molecule has 0 aliphatic carbocycles. The SMILES string of the molecule is COC(=O)CC[C@H](NC(=O)Cc1cccc(O)c1)C(=O)O. The second-order valence-corrected chi connectivity index (χ2v) is 4.42. The minimum Gasteiger partial charge on any atom is -0.508 e. The number of phenolic OH excluding ortho intramolecular Hbond substituents is 1. The molecule has 1 aromatic carbocycles. The molecule has 0 unspecified atom stereocenters. The summed E-state index contributed by atoms with van der Waals surface area (Å²) < 4.78 is 4.42. The molecule has 0 aliphatic rings. The number of carboxylic acid groups (broad SMARTS) is 1. The third kappa shape index (κ3) is 5.94. The predicted octanol–water partition coefficient (Wildman–Crippen LogP) is 0.457. The maximum Gasteiger partial charge on any atom is 0.326 e. The number of carboxylic acids is 1. The smallest absolute Gasteiger partial charge is 0.326 e. The van der Waals surface area contributed by atoms with Gasteiger partial charge in [-0.3, -0.25) is 9.59 Å². The Bertz CT molecular complexity index is 528. The van der Waals surface area contributed by atoms with Crippen LogP contribution in [0.3, 0.4) is 0 Å². The van der Waals surface area contributed by atoms with Crippen molar-refractivity contribution in [2.75, 3.05) is 7.11 Å². The zero-order valence-corrected chi connectivity index (χ0v) is 11.5. The monoisotopic (exact) mass is 295 g/mol. The van der Waals surface area contributed by atoms with Crippen molar-refractivity contribution in [1.29, 1.82) is 0 Å². The zero-order chi connectivity index (χ0) is 15.8. The number of esters is 1. The van der Waals surface area contributed by atoms with Crippen LogP contribution >= 0.6 is 0 Å². The first-order valence-electron chi connectivity index (χ1n) is 6.29. The summed E-state index contributed by atoms with van der Waals surface area (Å²) in [5, 5.41) is 20.6. The summed E-state index contributed by atoms with van der Waals surface area (Å²) in [5.41, 5.74) is 0.560. The number of methoxy groups -OCH3 is 1. The molecule has 1 rings (SSSR count). The molecule has 1 amide bonds. The number of amides is 1. The van der Waals surface area contributed by atoms with Crippen molar-refractivity contribution >= 4 is 17.8 Å². The largest absolute Gasteiger partial charge is 0.508 e. The van der Waals surface area contributed by atoms with Crippen LogP contribution in [0.1, 0.15) is 18.4 Å². The molecule has 0 spiro atoms. The van der Waals surface area contributed by atoms with Crippen molar-refractivity contribution in [2.24, 2.45) is 0 Å². The molecule has 1 aromatic rings. The standard InChI is InChI=1S/C14H17NO6/c1-21-13(18)6-5-11(14(19)20)15-12(17)8-9-3-2-4-10(16)7-9/h2-4,7,11,16H,5-6,8H2,1H3,(H,15,17)(H,19,20)/t11-/m0/s1. The Hall–Kier alpha value is -2.57. The van der Waals surface area contributed by atoms with E-state index >= 15 is 0 Å². The Labute approximate surface area is 121 Å². The van der Waals surface area contributed by atoms with Crippen LogP contribution in [-0.2, 0) is 25.5 Å². The van der Waals surface area contributed by atoms with E-state index in [0.29, 0.717) is 5.56 Å². The summed E-state index contributed by atoms with van der Waals surface area (Å²) in [6.45, 7) is 0. The first-order chi connectivity index (χ1) is 9.92. The van der Waals surface area contributed by atoms with Crippen LogP contribution in [0.25, 0.3) is 0 Å². The number of aromatic hydroxyl groups is 1. The highest BCUT2D eigenvalue weighted by Gasteiger charge is 2.21. The quantitative estimate of drug-likeness (QED) is 0.630. The van der Waals surface area contributed by atoms with Crippen LogP contribution in [0.15, 0.2) is 24.3 Å². The lowest BCUT2D eigenvalue weighted by molar-refractivity contribution is -0.144. The van der Waals surface area contributed by atoms with Gasteiger partial charge in [0.2, 0.25) is 5.91 Å². The molecular weight excluding hydrogens is 278 g/mol. The van der Waals surface area contributed by atoms with Crippen LogP contribution < -0.4 is 5.32 Å². The summed E-state index contributed by atoms with van der Waals surface area (Å²) in [7, 11) is 1.21. The number of aliphatic carboxylic acids is 1. The summed E-state index contributed by atoms with van der Waals surface area (Å²) in [4.78, 5) is 33.8. The van der Waals surface area contributed by atoms with Crippen molar-refractivity contribution in [3.05, 3.63) is 29.8 Å². The molecule has 0 bridgehead atoms. The van der Waals surface area contributed by atoms with E-state index in [1.165, 1.54) is 19.2 Å². The molecule has 7 nitrogen and oxygen atoms in total. The topological polar surface area (TPSA) is 113 Å². The van der Waals surface area contributed by atoms with Gasteiger partial charge in [-0.15, -0.1) is 0 Å². The molecule has 0 fully saturated rings. The molecule has 1 atom stereocenters. The Morgan fingerprint density at radius 3 is 2.62 bits per heavy atom. The molecule has 0 saturated carbocycles. The number of carbonyl (C=O) groups excluding carboxylic acids is 2. The van der Waals surface area contributed by atoms with Gasteiger partial charge in [-0.05, 0) is 24.1 Å². The number of carbonyl (C=O) groups is 3. The number of ether oxygens (including phenoxy) is 1. The minimum atomic E-state index is -1.22. The van der Waals surface area contributed by atoms with Gasteiger partial charge < -0.3 is 20.3 Å². The number of rotatable bonds is 7. The van der Waals surface area contributed by atoms with Gasteiger partial charge in [-0.2, -0.15) is 0 Å². The molecule has 21 heavy (non-hydrogen) atoms. The number of nitrogens with one attached hydrogen (secondary N) is 1. The Morgan fingerprint density at radius 1 is 1.33 bits per heavy atom. The Kier molecular flexibility index (Phi) is 6.19. The number of benzene rings is 1. The first kappa shape index (κ1) is 16.5. The second kappa shape index (κ2) is 7.88. The molecule has 0 heterocycles. The second-order valence-electron chi connectivity index (χ2n) is 4.42. The zero-order valence-electron chi connectivity index (χ0n) is 11.5. The fraction of sp³-hybridized carbons (Fsp3) is 0.357. The van der Waals surface area contributed by atoms with Gasteiger partial charge in [0, 0.05) is 6.42 Å². The predicted molar refractivity (Wildman–Crippen MR) is 72.6 cm³/mol. The van der Waals surface area contributed by atoms with Crippen LogP contribution in [0.2, 0.25) is 0 Å². The molecule has 3 N–H and O–H groups in total. The van der Waals surface area contributed by atoms with Crippen molar-refractivity contribution in [1.82, 2.24) is 5.32 Å². The summed E-state index contributed by atoms with van der Waals surface area (Å²) in [5.74, 6) is -2.23. The Balaban J connectivity index is 2.56. The van der Waals surface area contributed by atoms with Crippen molar-refractivity contribution in [3.63, 3.8) is 0 Å². The molecule has 0 aliphatic heterocycles. The normalized spacial score (nSPS) is 11.5. The minimum absolute atomic E-state index is 0.0285. The van der Waals surface area contributed by atoms with Gasteiger partial charge in [0.15, 0.2) is 0 Å². The summed E-state index contributed by atoms with van der Waals surface area (Å²) >= 11 is 0. The first-order valence-corrected chi connectivity index (χ1v) is 6.29.